The third kappa shape index (κ3) is 7.72. The number of aryl methyl sites for hydroxylation is 1. The zero-order chi connectivity index (χ0) is 30.4. The number of nitrogens with one attached hydrogen (secondary N) is 2. The second kappa shape index (κ2) is 13.9. The Morgan fingerprint density at radius 1 is 0.976 bits per heavy atom. The summed E-state index contributed by atoms with van der Waals surface area (Å²) < 4.78 is 7.98. The molecule has 0 fully saturated rings. The Morgan fingerprint density at radius 2 is 1.74 bits per heavy atom. The normalized spacial score (nSPS) is 13.0. The first kappa shape index (κ1) is 31.1. The predicted molar refractivity (Wildman–Crippen MR) is 171 cm³/mol. The van der Waals surface area contributed by atoms with Crippen LogP contribution in [-0.4, -0.2) is 34.7 Å². The van der Waals surface area contributed by atoms with Gasteiger partial charge in [0.1, 0.15) is 11.8 Å². The number of nitrogens with zero attached hydrogens (tertiary/aromatic N) is 2. The fourth-order valence-corrected chi connectivity index (χ4v) is 5.32. The van der Waals surface area contributed by atoms with Crippen LogP contribution in [0.5, 0.6) is 5.75 Å². The summed E-state index contributed by atoms with van der Waals surface area (Å²) in [6, 6.07) is 20.6. The standard InChI is InChI=1S/C33H36Cl2N4O3/c1-20(2)15-29(37-32(40)23(5)42-31-14-13-25(34)17-28(31)35)33(41)38-36-18-27-22(4)39(30-12-7-6-11-26(27)30)19-24-10-8-9-21(3)16-24/h6-14,16-18,20,23,29H,15,19H2,1-5H3,(H,37,40)(H,38,41)/b36-18-/t23-,29-/m1/s1. The van der Waals surface area contributed by atoms with Gasteiger partial charge in [-0.1, -0.05) is 85.1 Å². The number of hydrogen-bond acceptors (Lipinski definition) is 4. The Hall–Kier alpha value is -3.81. The molecule has 0 spiro atoms. The van der Waals surface area contributed by atoms with Gasteiger partial charge in [-0.2, -0.15) is 5.10 Å². The van der Waals surface area contributed by atoms with Gasteiger partial charge >= 0.3 is 0 Å². The van der Waals surface area contributed by atoms with Crippen molar-refractivity contribution in [2.75, 3.05) is 0 Å². The molecule has 0 unspecified atom stereocenters. The van der Waals surface area contributed by atoms with E-state index in [0.29, 0.717) is 22.2 Å². The number of hydrazone groups is 1. The summed E-state index contributed by atoms with van der Waals surface area (Å²) in [7, 11) is 0. The van der Waals surface area contributed by atoms with Crippen LogP contribution in [0.1, 0.15) is 49.6 Å². The molecule has 1 aromatic heterocycles. The molecule has 220 valence electrons. The summed E-state index contributed by atoms with van der Waals surface area (Å²) in [4.78, 5) is 26.1. The van der Waals surface area contributed by atoms with Crippen molar-refractivity contribution in [2.24, 2.45) is 11.0 Å². The molecule has 2 atom stereocenters. The van der Waals surface area contributed by atoms with E-state index in [1.165, 1.54) is 17.2 Å². The molecule has 0 bridgehead atoms. The average molecular weight is 608 g/mol. The fourth-order valence-electron chi connectivity index (χ4n) is 4.86. The van der Waals surface area contributed by atoms with Crippen LogP contribution in [0.3, 0.4) is 0 Å². The number of amides is 2. The van der Waals surface area contributed by atoms with E-state index in [-0.39, 0.29) is 5.92 Å². The van der Waals surface area contributed by atoms with E-state index in [1.807, 2.05) is 32.0 Å². The monoisotopic (exact) mass is 606 g/mol. The Labute approximate surface area is 256 Å². The maximum absolute atomic E-state index is 13.2. The number of rotatable bonds is 11. The molecule has 4 rings (SSSR count). The van der Waals surface area contributed by atoms with Crippen molar-refractivity contribution in [3.05, 3.63) is 99.2 Å². The number of aromatic nitrogens is 1. The van der Waals surface area contributed by atoms with E-state index < -0.39 is 24.0 Å². The number of halogens is 2. The average Bonchev–Trinajstić information content (AvgIpc) is 3.20. The molecule has 0 saturated carbocycles. The zero-order valence-electron chi connectivity index (χ0n) is 24.4. The lowest BCUT2D eigenvalue weighted by molar-refractivity contribution is -0.132. The maximum atomic E-state index is 13.2. The molecule has 0 aliphatic carbocycles. The van der Waals surface area contributed by atoms with Gasteiger partial charge in [0, 0.05) is 33.7 Å². The van der Waals surface area contributed by atoms with Gasteiger partial charge in [-0.3, -0.25) is 9.59 Å². The van der Waals surface area contributed by atoms with Crippen LogP contribution in [0, 0.1) is 19.8 Å². The molecule has 2 amide bonds. The van der Waals surface area contributed by atoms with E-state index in [2.05, 4.69) is 64.6 Å². The highest BCUT2D eigenvalue weighted by atomic mass is 35.5. The van der Waals surface area contributed by atoms with E-state index in [9.17, 15) is 9.59 Å². The third-order valence-corrected chi connectivity index (χ3v) is 7.51. The quantitative estimate of drug-likeness (QED) is 0.141. The first-order chi connectivity index (χ1) is 20.0. The van der Waals surface area contributed by atoms with Gasteiger partial charge in [0.2, 0.25) is 0 Å². The highest BCUT2D eigenvalue weighted by Crippen LogP contribution is 2.28. The molecule has 0 aliphatic rings. The van der Waals surface area contributed by atoms with Crippen molar-refractivity contribution >= 4 is 52.1 Å². The number of fused-ring (bicyclic) bond motifs is 1. The Bertz CT molecular complexity index is 1610. The van der Waals surface area contributed by atoms with Gasteiger partial charge in [0.25, 0.3) is 11.8 Å². The summed E-state index contributed by atoms with van der Waals surface area (Å²) in [5.41, 5.74) is 8.10. The minimum atomic E-state index is -0.892. The first-order valence-corrected chi connectivity index (χ1v) is 14.7. The van der Waals surface area contributed by atoms with Crippen LogP contribution < -0.4 is 15.5 Å². The summed E-state index contributed by atoms with van der Waals surface area (Å²) in [6.45, 7) is 10.4. The van der Waals surface area contributed by atoms with Crippen LogP contribution >= 0.6 is 23.2 Å². The smallest absolute Gasteiger partial charge is 0.262 e. The van der Waals surface area contributed by atoms with Crippen LogP contribution in [0.4, 0.5) is 0 Å². The molecule has 7 nitrogen and oxygen atoms in total. The lowest BCUT2D eigenvalue weighted by Crippen LogP contribution is -2.49. The number of benzene rings is 3. The van der Waals surface area contributed by atoms with Gasteiger partial charge in [-0.15, -0.1) is 0 Å². The SMILES string of the molecule is Cc1cccc(Cn2c(C)c(/C=N\NC(=O)[C@@H](CC(C)C)NC(=O)[C@@H](C)Oc3ccc(Cl)cc3Cl)c3ccccc32)c1. The number of hydrogen-bond donors (Lipinski definition) is 2. The minimum Gasteiger partial charge on any atom is -0.479 e. The lowest BCUT2D eigenvalue weighted by Gasteiger charge is -2.22. The van der Waals surface area contributed by atoms with E-state index in [1.54, 1.807) is 25.3 Å². The topological polar surface area (TPSA) is 84.7 Å². The molecule has 4 aromatic rings. The van der Waals surface area contributed by atoms with Crippen molar-refractivity contribution in [3.63, 3.8) is 0 Å². The number of carbonyl (C=O) groups excluding carboxylic acids is 2. The largest absolute Gasteiger partial charge is 0.479 e. The van der Waals surface area contributed by atoms with Crippen LogP contribution in [0.15, 0.2) is 71.8 Å². The lowest BCUT2D eigenvalue weighted by atomic mass is 10.0. The van der Waals surface area contributed by atoms with E-state index in [4.69, 9.17) is 27.9 Å². The Morgan fingerprint density at radius 3 is 2.45 bits per heavy atom. The zero-order valence-corrected chi connectivity index (χ0v) is 26.0. The summed E-state index contributed by atoms with van der Waals surface area (Å²) in [5, 5.41) is 8.90. The van der Waals surface area contributed by atoms with Crippen molar-refractivity contribution in [1.82, 2.24) is 15.3 Å². The first-order valence-electron chi connectivity index (χ1n) is 13.9. The van der Waals surface area contributed by atoms with Gasteiger partial charge in [-0.05, 0) is 62.9 Å². The van der Waals surface area contributed by atoms with Gasteiger partial charge in [0.05, 0.1) is 11.2 Å². The number of carbonyl (C=O) groups is 2. The van der Waals surface area contributed by atoms with Crippen molar-refractivity contribution in [3.8, 4) is 5.75 Å². The third-order valence-electron chi connectivity index (χ3n) is 6.98. The Kier molecular flexibility index (Phi) is 10.3. The molecule has 42 heavy (non-hydrogen) atoms. The van der Waals surface area contributed by atoms with Crippen molar-refractivity contribution in [1.29, 1.82) is 0 Å². The van der Waals surface area contributed by atoms with Gasteiger partial charge < -0.3 is 14.6 Å². The molecule has 9 heteroatoms. The molecule has 0 saturated heterocycles. The number of para-hydroxylation sites is 1. The van der Waals surface area contributed by atoms with Crippen molar-refractivity contribution in [2.45, 2.75) is 59.7 Å². The highest BCUT2D eigenvalue weighted by Gasteiger charge is 2.25. The molecule has 1 heterocycles. The van der Waals surface area contributed by atoms with Crippen LogP contribution in [0.2, 0.25) is 10.0 Å². The molecule has 3 aromatic carbocycles. The van der Waals surface area contributed by atoms with Crippen LogP contribution in [-0.2, 0) is 16.1 Å². The van der Waals surface area contributed by atoms with Gasteiger partial charge in [0.15, 0.2) is 6.10 Å². The summed E-state index contributed by atoms with van der Waals surface area (Å²) in [5.74, 6) is -0.379. The summed E-state index contributed by atoms with van der Waals surface area (Å²) in [6.07, 6.45) is 1.21. The fraction of sp³-hybridized carbons (Fsp3) is 0.303. The molecular formula is C33H36Cl2N4O3. The minimum absolute atomic E-state index is 0.147. The maximum Gasteiger partial charge on any atom is 0.262 e. The van der Waals surface area contributed by atoms with Crippen LogP contribution in [0.25, 0.3) is 10.9 Å². The Balaban J connectivity index is 1.48. The predicted octanol–water partition coefficient (Wildman–Crippen LogP) is 7.06. The second-order valence-corrected chi connectivity index (χ2v) is 11.7. The second-order valence-electron chi connectivity index (χ2n) is 10.9. The van der Waals surface area contributed by atoms with Gasteiger partial charge in [-0.25, -0.2) is 5.43 Å². The molecule has 2 N–H and O–H groups in total. The van der Waals surface area contributed by atoms with Crippen molar-refractivity contribution < 1.29 is 14.3 Å². The molecule has 0 radical (unpaired) electrons. The molecular weight excluding hydrogens is 571 g/mol. The highest BCUT2D eigenvalue weighted by molar-refractivity contribution is 6.35. The molecule has 0 aliphatic heterocycles. The van der Waals surface area contributed by atoms with E-state index in [0.717, 1.165) is 28.7 Å². The van der Waals surface area contributed by atoms with E-state index >= 15 is 0 Å². The number of ether oxygens (including phenoxy) is 1. The summed E-state index contributed by atoms with van der Waals surface area (Å²) >= 11 is 12.1.